The smallest absolute Gasteiger partial charge is 0.253 e. The average molecular weight is 364 g/mol. The van der Waals surface area contributed by atoms with E-state index in [9.17, 15) is 4.79 Å². The number of hydrogen-bond acceptors (Lipinski definition) is 6. The van der Waals surface area contributed by atoms with E-state index in [0.717, 1.165) is 24.5 Å². The van der Waals surface area contributed by atoms with E-state index >= 15 is 0 Å². The van der Waals surface area contributed by atoms with Crippen LogP contribution in [0.4, 0.5) is 5.82 Å². The lowest BCUT2D eigenvalue weighted by atomic mass is 10.2. The number of aromatic nitrogens is 4. The molecule has 0 unspecified atom stereocenters. The maximum atomic E-state index is 12.5. The van der Waals surface area contributed by atoms with Crippen LogP contribution in [-0.4, -0.2) is 51.7 Å². The Bertz CT molecular complexity index is 889. The Morgan fingerprint density at radius 2 is 2.04 bits per heavy atom. The molecule has 8 heteroatoms. The summed E-state index contributed by atoms with van der Waals surface area (Å²) < 4.78 is 7.19. The van der Waals surface area contributed by atoms with Crippen LogP contribution in [0.1, 0.15) is 15.9 Å². The van der Waals surface area contributed by atoms with E-state index in [1.165, 1.54) is 0 Å². The summed E-state index contributed by atoms with van der Waals surface area (Å²) in [6.45, 7) is 3.40. The number of amides is 1. The van der Waals surface area contributed by atoms with Crippen molar-refractivity contribution in [3.8, 4) is 5.82 Å². The highest BCUT2D eigenvalue weighted by molar-refractivity contribution is 5.93. The topological polar surface area (TPSA) is 85.2 Å². The van der Waals surface area contributed by atoms with E-state index in [1.807, 2.05) is 12.1 Å². The van der Waals surface area contributed by atoms with Crippen molar-refractivity contribution in [1.82, 2.24) is 24.8 Å². The van der Waals surface area contributed by atoms with Crippen LogP contribution in [0, 0.1) is 0 Å². The molecule has 0 aliphatic carbocycles. The van der Waals surface area contributed by atoms with E-state index < -0.39 is 0 Å². The summed E-state index contributed by atoms with van der Waals surface area (Å²) in [5.41, 5.74) is 1.49. The van der Waals surface area contributed by atoms with Gasteiger partial charge in [-0.25, -0.2) is 15.0 Å². The van der Waals surface area contributed by atoms with Crippen LogP contribution in [0.2, 0.25) is 0 Å². The van der Waals surface area contributed by atoms with Gasteiger partial charge < -0.3 is 15.0 Å². The molecule has 1 aliphatic rings. The fraction of sp³-hybridized carbons (Fsp3) is 0.263. The van der Waals surface area contributed by atoms with Crippen LogP contribution in [0.3, 0.4) is 0 Å². The van der Waals surface area contributed by atoms with Crippen LogP contribution in [0.25, 0.3) is 5.82 Å². The van der Waals surface area contributed by atoms with Crippen LogP contribution in [-0.2, 0) is 11.3 Å². The molecule has 1 saturated heterocycles. The Labute approximate surface area is 156 Å². The highest BCUT2D eigenvalue weighted by Crippen LogP contribution is 2.18. The minimum Gasteiger partial charge on any atom is -0.378 e. The van der Waals surface area contributed by atoms with E-state index in [-0.39, 0.29) is 5.91 Å². The maximum absolute atomic E-state index is 12.5. The molecule has 0 aromatic carbocycles. The van der Waals surface area contributed by atoms with Crippen LogP contribution >= 0.6 is 0 Å². The molecule has 3 aromatic rings. The summed E-state index contributed by atoms with van der Waals surface area (Å²) >= 11 is 0. The zero-order valence-corrected chi connectivity index (χ0v) is 14.8. The van der Waals surface area contributed by atoms with Gasteiger partial charge in [-0.1, -0.05) is 6.07 Å². The van der Waals surface area contributed by atoms with Crippen molar-refractivity contribution in [2.75, 3.05) is 31.2 Å². The fourth-order valence-electron chi connectivity index (χ4n) is 2.97. The minimum absolute atomic E-state index is 0.170. The molecule has 0 radical (unpaired) electrons. The molecular weight excluding hydrogens is 344 g/mol. The highest BCUT2D eigenvalue weighted by atomic mass is 16.5. The number of morpholine rings is 1. The predicted octanol–water partition coefficient (Wildman–Crippen LogP) is 1.43. The number of anilines is 1. The SMILES string of the molecule is O=C(NCc1cccnc1N1CCOCC1)c1ccc(-n2ccnc2)nc1. The van der Waals surface area contributed by atoms with Gasteiger partial charge in [-0.2, -0.15) is 0 Å². The molecular formula is C19H20N6O2. The first kappa shape index (κ1) is 17.2. The summed E-state index contributed by atoms with van der Waals surface area (Å²) in [4.78, 5) is 27.5. The van der Waals surface area contributed by atoms with Gasteiger partial charge in [-0.3, -0.25) is 9.36 Å². The standard InChI is InChI=1S/C19H20N6O2/c26-19(16-3-4-17(22-13-16)25-7-6-20-14-25)23-12-15-2-1-5-21-18(15)24-8-10-27-11-9-24/h1-7,13-14H,8-12H2,(H,23,26). The molecule has 0 spiro atoms. The molecule has 138 valence electrons. The summed E-state index contributed by atoms with van der Waals surface area (Å²) in [6.07, 6.45) is 8.49. The number of rotatable bonds is 5. The lowest BCUT2D eigenvalue weighted by molar-refractivity contribution is 0.0950. The van der Waals surface area contributed by atoms with Crippen LogP contribution in [0.15, 0.2) is 55.4 Å². The second-order valence-corrected chi connectivity index (χ2v) is 6.14. The summed E-state index contributed by atoms with van der Waals surface area (Å²) in [6, 6.07) is 7.41. The molecule has 4 heterocycles. The number of imidazole rings is 1. The van der Waals surface area contributed by atoms with Crippen LogP contribution < -0.4 is 10.2 Å². The van der Waals surface area contributed by atoms with Crippen molar-refractivity contribution in [3.05, 3.63) is 66.5 Å². The Hall–Kier alpha value is -3.26. The number of pyridine rings is 2. The number of carbonyl (C=O) groups is 1. The number of nitrogens with one attached hydrogen (secondary N) is 1. The van der Waals surface area contributed by atoms with Crippen molar-refractivity contribution in [2.45, 2.75) is 6.54 Å². The monoisotopic (exact) mass is 364 g/mol. The lowest BCUT2D eigenvalue weighted by Crippen LogP contribution is -2.37. The third kappa shape index (κ3) is 3.95. The molecule has 1 amide bonds. The minimum atomic E-state index is -0.170. The summed E-state index contributed by atoms with van der Waals surface area (Å²) in [7, 11) is 0. The van der Waals surface area contributed by atoms with E-state index in [2.05, 4.69) is 25.2 Å². The van der Waals surface area contributed by atoms with Crippen molar-refractivity contribution < 1.29 is 9.53 Å². The summed E-state index contributed by atoms with van der Waals surface area (Å²) in [5, 5.41) is 2.95. The molecule has 1 N–H and O–H groups in total. The molecule has 3 aromatic heterocycles. The number of nitrogens with zero attached hydrogens (tertiary/aromatic N) is 5. The van der Waals surface area contributed by atoms with Crippen LogP contribution in [0.5, 0.6) is 0 Å². The molecule has 4 rings (SSSR count). The van der Waals surface area contributed by atoms with Gasteiger partial charge in [0.1, 0.15) is 18.0 Å². The third-order valence-electron chi connectivity index (χ3n) is 4.40. The van der Waals surface area contributed by atoms with Gasteiger partial charge in [0.15, 0.2) is 0 Å². The van der Waals surface area contributed by atoms with Crippen molar-refractivity contribution >= 4 is 11.7 Å². The lowest BCUT2D eigenvalue weighted by Gasteiger charge is -2.29. The van der Waals surface area contributed by atoms with Gasteiger partial charge in [0.25, 0.3) is 5.91 Å². The Kier molecular flexibility index (Phi) is 5.06. The zero-order chi connectivity index (χ0) is 18.5. The number of ether oxygens (including phenoxy) is 1. The highest BCUT2D eigenvalue weighted by Gasteiger charge is 2.16. The normalized spacial score (nSPS) is 14.1. The molecule has 0 atom stereocenters. The first-order valence-electron chi connectivity index (χ1n) is 8.80. The Morgan fingerprint density at radius 1 is 1.15 bits per heavy atom. The van der Waals surface area contributed by atoms with E-state index in [1.54, 1.807) is 47.8 Å². The molecule has 1 fully saturated rings. The average Bonchev–Trinajstić information content (AvgIpc) is 3.28. The van der Waals surface area contributed by atoms with E-state index in [0.29, 0.717) is 31.1 Å². The van der Waals surface area contributed by atoms with Gasteiger partial charge in [0.2, 0.25) is 0 Å². The largest absolute Gasteiger partial charge is 0.378 e. The predicted molar refractivity (Wildman–Crippen MR) is 99.8 cm³/mol. The molecule has 1 aliphatic heterocycles. The molecule has 8 nitrogen and oxygen atoms in total. The third-order valence-corrected chi connectivity index (χ3v) is 4.40. The van der Waals surface area contributed by atoms with Crippen molar-refractivity contribution in [2.24, 2.45) is 0 Å². The number of hydrogen-bond donors (Lipinski definition) is 1. The second-order valence-electron chi connectivity index (χ2n) is 6.14. The van der Waals surface area contributed by atoms with Crippen molar-refractivity contribution in [1.29, 1.82) is 0 Å². The molecule has 27 heavy (non-hydrogen) atoms. The molecule has 0 bridgehead atoms. The first-order chi connectivity index (χ1) is 13.3. The Balaban J connectivity index is 1.42. The molecule has 0 saturated carbocycles. The zero-order valence-electron chi connectivity index (χ0n) is 14.8. The Morgan fingerprint density at radius 3 is 2.78 bits per heavy atom. The quantitative estimate of drug-likeness (QED) is 0.737. The maximum Gasteiger partial charge on any atom is 0.253 e. The van der Waals surface area contributed by atoms with E-state index in [4.69, 9.17) is 4.74 Å². The summed E-state index contributed by atoms with van der Waals surface area (Å²) in [5.74, 6) is 1.44. The van der Waals surface area contributed by atoms with Gasteiger partial charge >= 0.3 is 0 Å². The van der Waals surface area contributed by atoms with Gasteiger partial charge in [0, 0.05) is 50.0 Å². The van der Waals surface area contributed by atoms with Gasteiger partial charge in [-0.05, 0) is 18.2 Å². The fourth-order valence-corrected chi connectivity index (χ4v) is 2.97. The van der Waals surface area contributed by atoms with Crippen molar-refractivity contribution in [3.63, 3.8) is 0 Å². The first-order valence-corrected chi connectivity index (χ1v) is 8.80. The van der Waals surface area contributed by atoms with Gasteiger partial charge in [-0.15, -0.1) is 0 Å². The van der Waals surface area contributed by atoms with Gasteiger partial charge in [0.05, 0.1) is 18.8 Å². The number of carbonyl (C=O) groups excluding carboxylic acids is 1. The second kappa shape index (κ2) is 7.96.